The second-order valence-corrected chi connectivity index (χ2v) is 8.47. The van der Waals surface area contributed by atoms with Crippen LogP contribution in [0.15, 0.2) is 4.99 Å². The Kier molecular flexibility index (Phi) is 12.2. The van der Waals surface area contributed by atoms with Gasteiger partial charge in [-0.25, -0.2) is 4.79 Å². The van der Waals surface area contributed by atoms with Gasteiger partial charge in [-0.1, -0.05) is 0 Å². The molecule has 2 fully saturated rings. The van der Waals surface area contributed by atoms with Gasteiger partial charge in [-0.15, -0.1) is 24.0 Å². The van der Waals surface area contributed by atoms with Crippen LogP contribution in [0.25, 0.3) is 0 Å². The number of nitrogens with one attached hydrogen (secondary N) is 2. The summed E-state index contributed by atoms with van der Waals surface area (Å²) in [5.74, 6) is 0.947. The van der Waals surface area contributed by atoms with E-state index in [4.69, 9.17) is 14.5 Å². The maximum absolute atomic E-state index is 12.0. The van der Waals surface area contributed by atoms with E-state index in [0.717, 1.165) is 84.2 Å². The van der Waals surface area contributed by atoms with E-state index in [1.807, 2.05) is 20.8 Å². The fourth-order valence-corrected chi connectivity index (χ4v) is 3.43. The molecule has 9 heteroatoms. The van der Waals surface area contributed by atoms with Crippen molar-refractivity contribution in [3.8, 4) is 0 Å². The summed E-state index contributed by atoms with van der Waals surface area (Å²) in [6, 6.07) is 0.0972. The molecule has 0 aromatic carbocycles. The Morgan fingerprint density at radius 1 is 1.21 bits per heavy atom. The molecule has 0 aliphatic carbocycles. The molecule has 1 unspecified atom stereocenters. The topological polar surface area (TPSA) is 78.4 Å². The molecular formula is C20H40IN5O3. The van der Waals surface area contributed by atoms with Gasteiger partial charge >= 0.3 is 6.09 Å². The molecule has 29 heavy (non-hydrogen) atoms. The molecule has 0 bridgehead atoms. The summed E-state index contributed by atoms with van der Waals surface area (Å²) in [4.78, 5) is 21.5. The highest BCUT2D eigenvalue weighted by molar-refractivity contribution is 14.0. The van der Waals surface area contributed by atoms with Crippen LogP contribution in [0, 0.1) is 0 Å². The number of morpholine rings is 1. The van der Waals surface area contributed by atoms with Gasteiger partial charge in [0, 0.05) is 39.3 Å². The Labute approximate surface area is 193 Å². The minimum atomic E-state index is -0.472. The van der Waals surface area contributed by atoms with Crippen LogP contribution in [0.1, 0.15) is 47.0 Å². The fraction of sp³-hybridized carbons (Fsp3) is 0.900. The van der Waals surface area contributed by atoms with Gasteiger partial charge < -0.3 is 25.0 Å². The molecule has 0 saturated carbocycles. The van der Waals surface area contributed by atoms with E-state index >= 15 is 0 Å². The summed E-state index contributed by atoms with van der Waals surface area (Å²) in [6.07, 6.45) is 2.80. The molecule has 0 spiro atoms. The second-order valence-electron chi connectivity index (χ2n) is 8.47. The van der Waals surface area contributed by atoms with E-state index in [-0.39, 0.29) is 36.1 Å². The molecule has 0 radical (unpaired) electrons. The SMILES string of the molecule is CCNC(=NCCCCN1CCOCC1)N1CCC(NC(=O)OC(C)(C)C)C1.I. The van der Waals surface area contributed by atoms with Gasteiger partial charge in [-0.05, 0) is 53.5 Å². The Bertz CT molecular complexity index is 507. The van der Waals surface area contributed by atoms with Crippen molar-refractivity contribution in [3.05, 3.63) is 0 Å². The van der Waals surface area contributed by atoms with Crippen molar-refractivity contribution in [2.24, 2.45) is 4.99 Å². The van der Waals surface area contributed by atoms with Gasteiger partial charge in [0.1, 0.15) is 5.60 Å². The lowest BCUT2D eigenvalue weighted by molar-refractivity contribution is 0.0373. The van der Waals surface area contributed by atoms with Crippen LogP contribution in [0.5, 0.6) is 0 Å². The van der Waals surface area contributed by atoms with Crippen molar-refractivity contribution in [1.82, 2.24) is 20.4 Å². The Balaban J connectivity index is 0.00000420. The van der Waals surface area contributed by atoms with E-state index in [9.17, 15) is 4.79 Å². The molecule has 1 amide bonds. The number of alkyl carbamates (subject to hydrolysis) is 1. The van der Waals surface area contributed by atoms with Gasteiger partial charge in [-0.2, -0.15) is 0 Å². The van der Waals surface area contributed by atoms with Gasteiger partial charge in [0.25, 0.3) is 0 Å². The Hall–Kier alpha value is -0.810. The molecule has 8 nitrogen and oxygen atoms in total. The highest BCUT2D eigenvalue weighted by Crippen LogP contribution is 2.12. The summed E-state index contributed by atoms with van der Waals surface area (Å²) < 4.78 is 10.7. The molecule has 2 aliphatic heterocycles. The van der Waals surface area contributed by atoms with E-state index in [2.05, 4.69) is 27.4 Å². The van der Waals surface area contributed by atoms with Crippen LogP contribution in [-0.2, 0) is 9.47 Å². The van der Waals surface area contributed by atoms with Gasteiger partial charge in [0.2, 0.25) is 0 Å². The number of hydrogen-bond donors (Lipinski definition) is 2. The van der Waals surface area contributed by atoms with Crippen molar-refractivity contribution >= 4 is 36.0 Å². The number of ether oxygens (including phenoxy) is 2. The number of carbonyl (C=O) groups is 1. The third-order valence-electron chi connectivity index (χ3n) is 4.79. The quantitative estimate of drug-likeness (QED) is 0.230. The van der Waals surface area contributed by atoms with Crippen molar-refractivity contribution in [1.29, 1.82) is 0 Å². The maximum Gasteiger partial charge on any atom is 0.407 e. The second kappa shape index (κ2) is 13.5. The largest absolute Gasteiger partial charge is 0.444 e. The number of carbonyl (C=O) groups excluding carboxylic acids is 1. The number of unbranched alkanes of at least 4 members (excludes halogenated alkanes) is 1. The highest BCUT2D eigenvalue weighted by Gasteiger charge is 2.27. The Morgan fingerprint density at radius 2 is 1.93 bits per heavy atom. The molecule has 170 valence electrons. The summed E-state index contributed by atoms with van der Waals surface area (Å²) in [5, 5.41) is 6.36. The lowest BCUT2D eigenvalue weighted by Crippen LogP contribution is -2.44. The minimum absolute atomic E-state index is 0. The number of guanidine groups is 1. The van der Waals surface area contributed by atoms with Crippen molar-refractivity contribution in [2.45, 2.75) is 58.6 Å². The predicted octanol–water partition coefficient (Wildman–Crippen LogP) is 2.28. The zero-order valence-electron chi connectivity index (χ0n) is 18.5. The number of halogens is 1. The number of nitrogens with zero attached hydrogens (tertiary/aromatic N) is 3. The van der Waals surface area contributed by atoms with Crippen molar-refractivity contribution in [3.63, 3.8) is 0 Å². The average molecular weight is 525 g/mol. The van der Waals surface area contributed by atoms with Gasteiger partial charge in [0.05, 0.1) is 19.3 Å². The predicted molar refractivity (Wildman–Crippen MR) is 127 cm³/mol. The van der Waals surface area contributed by atoms with E-state index in [1.54, 1.807) is 0 Å². The molecule has 2 N–H and O–H groups in total. The number of amides is 1. The molecule has 2 rings (SSSR count). The third-order valence-corrected chi connectivity index (χ3v) is 4.79. The van der Waals surface area contributed by atoms with Crippen LogP contribution in [0.4, 0.5) is 4.79 Å². The van der Waals surface area contributed by atoms with Crippen LogP contribution in [0.2, 0.25) is 0 Å². The first-order valence-electron chi connectivity index (χ1n) is 10.7. The monoisotopic (exact) mass is 525 g/mol. The fourth-order valence-electron chi connectivity index (χ4n) is 3.43. The molecule has 0 aromatic heterocycles. The molecule has 2 heterocycles. The summed E-state index contributed by atoms with van der Waals surface area (Å²) in [6.45, 7) is 16.0. The highest BCUT2D eigenvalue weighted by atomic mass is 127. The van der Waals surface area contributed by atoms with E-state index in [1.165, 1.54) is 0 Å². The lowest BCUT2D eigenvalue weighted by atomic mass is 10.2. The minimum Gasteiger partial charge on any atom is -0.444 e. The number of rotatable bonds is 7. The molecule has 2 saturated heterocycles. The molecule has 2 aliphatic rings. The van der Waals surface area contributed by atoms with Crippen LogP contribution in [0.3, 0.4) is 0 Å². The smallest absolute Gasteiger partial charge is 0.407 e. The van der Waals surface area contributed by atoms with Crippen LogP contribution in [-0.4, -0.2) is 92.5 Å². The summed E-state index contributed by atoms with van der Waals surface area (Å²) in [5.41, 5.74) is -0.472. The van der Waals surface area contributed by atoms with Gasteiger partial charge in [0.15, 0.2) is 5.96 Å². The van der Waals surface area contributed by atoms with E-state index in [0.29, 0.717) is 0 Å². The molecule has 1 atom stereocenters. The number of aliphatic imine (C=N–C) groups is 1. The lowest BCUT2D eigenvalue weighted by Gasteiger charge is -2.26. The van der Waals surface area contributed by atoms with Crippen molar-refractivity contribution < 1.29 is 14.3 Å². The normalized spacial score (nSPS) is 20.9. The molecule has 0 aromatic rings. The Morgan fingerprint density at radius 3 is 2.59 bits per heavy atom. The zero-order chi connectivity index (χ0) is 20.4. The first-order valence-corrected chi connectivity index (χ1v) is 10.7. The first-order chi connectivity index (χ1) is 13.4. The van der Waals surface area contributed by atoms with Crippen molar-refractivity contribution in [2.75, 3.05) is 59.0 Å². The zero-order valence-corrected chi connectivity index (χ0v) is 20.9. The third kappa shape index (κ3) is 10.7. The average Bonchev–Trinajstić information content (AvgIpc) is 3.08. The maximum atomic E-state index is 12.0. The van der Waals surface area contributed by atoms with Gasteiger partial charge in [-0.3, -0.25) is 9.89 Å². The molecular weight excluding hydrogens is 485 g/mol. The summed E-state index contributed by atoms with van der Waals surface area (Å²) in [7, 11) is 0. The van der Waals surface area contributed by atoms with Crippen LogP contribution < -0.4 is 10.6 Å². The standard InChI is InChI=1S/C20H39N5O3.HI/c1-5-21-18(22-9-6-7-10-24-12-14-27-15-13-24)25-11-8-17(16-25)23-19(26)28-20(2,3)4;/h17H,5-16H2,1-4H3,(H,21,22)(H,23,26);1H. The first kappa shape index (κ1) is 26.2. The number of likely N-dealkylation sites (tertiary alicyclic amines) is 1. The summed E-state index contributed by atoms with van der Waals surface area (Å²) >= 11 is 0. The van der Waals surface area contributed by atoms with Crippen LogP contribution >= 0.6 is 24.0 Å². The number of hydrogen-bond acceptors (Lipinski definition) is 5. The van der Waals surface area contributed by atoms with E-state index < -0.39 is 5.60 Å².